The lowest BCUT2D eigenvalue weighted by atomic mass is 10.1. The Morgan fingerprint density at radius 1 is 1.10 bits per heavy atom. The summed E-state index contributed by atoms with van der Waals surface area (Å²) in [6.07, 6.45) is 0.249. The van der Waals surface area contributed by atoms with E-state index in [0.717, 1.165) is 34.7 Å². The average Bonchev–Trinajstić information content (AvgIpc) is 3.30. The maximum atomic E-state index is 13.1. The highest BCUT2D eigenvalue weighted by molar-refractivity contribution is 7.92. The van der Waals surface area contributed by atoms with Gasteiger partial charge < -0.3 is 0 Å². The van der Waals surface area contributed by atoms with Crippen LogP contribution in [0.1, 0.15) is 11.1 Å². The summed E-state index contributed by atoms with van der Waals surface area (Å²) >= 11 is 0. The SMILES string of the molecule is Cc1cnc(-n2cc(S(=O)(=O)Nc3cccc4cnn(C)c34)cn2)cc1C(F)(F)F. The van der Waals surface area contributed by atoms with Gasteiger partial charge in [0.2, 0.25) is 0 Å². The lowest BCUT2D eigenvalue weighted by molar-refractivity contribution is -0.138. The third kappa shape index (κ3) is 3.49. The third-order valence-electron chi connectivity index (χ3n) is 4.50. The molecule has 12 heteroatoms. The van der Waals surface area contributed by atoms with Crippen molar-refractivity contribution in [3.63, 3.8) is 0 Å². The van der Waals surface area contributed by atoms with Gasteiger partial charge in [0.1, 0.15) is 4.90 Å². The first-order valence-corrected chi connectivity index (χ1v) is 10.1. The van der Waals surface area contributed by atoms with Crippen LogP contribution in [0.5, 0.6) is 0 Å². The molecule has 4 rings (SSSR count). The number of halogens is 3. The molecule has 8 nitrogen and oxygen atoms in total. The van der Waals surface area contributed by atoms with Crippen molar-refractivity contribution in [1.82, 2.24) is 24.5 Å². The number of fused-ring (bicyclic) bond motifs is 1. The molecule has 0 atom stereocenters. The van der Waals surface area contributed by atoms with Crippen LogP contribution in [0.3, 0.4) is 0 Å². The first kappa shape index (κ1) is 19.9. The molecule has 1 N–H and O–H groups in total. The van der Waals surface area contributed by atoms with Crippen LogP contribution in [0, 0.1) is 6.92 Å². The minimum atomic E-state index is -4.56. The molecule has 156 valence electrons. The van der Waals surface area contributed by atoms with Gasteiger partial charge in [0, 0.05) is 18.6 Å². The summed E-state index contributed by atoms with van der Waals surface area (Å²) in [5.74, 6) is -0.150. The molecule has 0 aliphatic rings. The van der Waals surface area contributed by atoms with Crippen LogP contribution in [-0.4, -0.2) is 33.0 Å². The molecule has 0 spiro atoms. The van der Waals surface area contributed by atoms with E-state index < -0.39 is 21.8 Å². The molecule has 1 aromatic carbocycles. The molecule has 3 aromatic heterocycles. The second-order valence-electron chi connectivity index (χ2n) is 6.59. The number of aromatic nitrogens is 5. The van der Waals surface area contributed by atoms with Crippen molar-refractivity contribution in [3.8, 4) is 5.82 Å². The van der Waals surface area contributed by atoms with Gasteiger partial charge in [0.25, 0.3) is 10.0 Å². The maximum Gasteiger partial charge on any atom is 0.416 e. The van der Waals surface area contributed by atoms with Crippen LogP contribution >= 0.6 is 0 Å². The molecule has 0 saturated heterocycles. The molecule has 0 saturated carbocycles. The Labute approximate surface area is 169 Å². The standard InChI is InChI=1S/C18H15F3N6O2S/c1-11-7-22-16(6-14(11)18(19,20)21)27-10-13(9-24-27)30(28,29)25-15-5-3-4-12-8-23-26(2)17(12)15/h3-10,25H,1-2H3. The van der Waals surface area contributed by atoms with Gasteiger partial charge in [0.15, 0.2) is 5.82 Å². The van der Waals surface area contributed by atoms with Crippen molar-refractivity contribution in [3.05, 3.63) is 60.2 Å². The predicted octanol–water partition coefficient (Wildman–Crippen LogP) is 3.28. The van der Waals surface area contributed by atoms with Crippen LogP contribution in [0.4, 0.5) is 18.9 Å². The summed E-state index contributed by atoms with van der Waals surface area (Å²) in [7, 11) is -2.38. The van der Waals surface area contributed by atoms with Gasteiger partial charge in [-0.3, -0.25) is 9.40 Å². The zero-order chi connectivity index (χ0) is 21.7. The summed E-state index contributed by atoms with van der Waals surface area (Å²) in [6, 6.07) is 5.88. The van der Waals surface area contributed by atoms with Crippen LogP contribution in [0.15, 0.2) is 53.9 Å². The number of nitrogens with one attached hydrogen (secondary N) is 1. The molecule has 4 aromatic rings. The fraction of sp³-hybridized carbons (Fsp3) is 0.167. The summed E-state index contributed by atoms with van der Waals surface area (Å²) in [5.41, 5.74) is -0.0119. The largest absolute Gasteiger partial charge is 0.416 e. The molecule has 30 heavy (non-hydrogen) atoms. The number of sulfonamides is 1. The third-order valence-corrected chi connectivity index (χ3v) is 5.82. The Hall–Kier alpha value is -3.41. The van der Waals surface area contributed by atoms with Crippen LogP contribution < -0.4 is 4.72 Å². The van der Waals surface area contributed by atoms with E-state index in [1.807, 2.05) is 0 Å². The van der Waals surface area contributed by atoms with Gasteiger partial charge >= 0.3 is 6.18 Å². The number of alkyl halides is 3. The molecule has 3 heterocycles. The molecule has 0 fully saturated rings. The van der Waals surface area contributed by atoms with Gasteiger partial charge in [-0.05, 0) is 24.6 Å². The highest BCUT2D eigenvalue weighted by Gasteiger charge is 2.33. The number of hydrogen-bond donors (Lipinski definition) is 1. The molecule has 0 radical (unpaired) electrons. The maximum absolute atomic E-state index is 13.1. The number of para-hydroxylation sites is 1. The normalized spacial score (nSPS) is 12.4. The summed E-state index contributed by atoms with van der Waals surface area (Å²) < 4.78 is 70.0. The zero-order valence-corrected chi connectivity index (χ0v) is 16.5. The number of anilines is 1. The first-order chi connectivity index (χ1) is 14.1. The second-order valence-corrected chi connectivity index (χ2v) is 8.28. The molecule has 0 amide bonds. The van der Waals surface area contributed by atoms with E-state index in [1.165, 1.54) is 11.6 Å². The van der Waals surface area contributed by atoms with Gasteiger partial charge in [0.05, 0.1) is 35.4 Å². The number of rotatable bonds is 4. The monoisotopic (exact) mass is 436 g/mol. The minimum absolute atomic E-state index is 0.0443. The van der Waals surface area contributed by atoms with E-state index in [1.54, 1.807) is 31.4 Å². The molecule has 0 unspecified atom stereocenters. The van der Waals surface area contributed by atoms with Gasteiger partial charge in [-0.25, -0.2) is 18.1 Å². The van der Waals surface area contributed by atoms with Crippen LogP contribution in [0.25, 0.3) is 16.7 Å². The molecule has 0 bridgehead atoms. The lowest BCUT2D eigenvalue weighted by Gasteiger charge is -2.11. The molecular formula is C18H15F3N6O2S. The van der Waals surface area contributed by atoms with E-state index in [9.17, 15) is 21.6 Å². The molecule has 0 aliphatic heterocycles. The Morgan fingerprint density at radius 3 is 2.60 bits per heavy atom. The minimum Gasteiger partial charge on any atom is -0.277 e. The van der Waals surface area contributed by atoms with Crippen molar-refractivity contribution in [1.29, 1.82) is 0 Å². The second kappa shape index (κ2) is 6.83. The van der Waals surface area contributed by atoms with E-state index in [0.29, 0.717) is 11.2 Å². The van der Waals surface area contributed by atoms with E-state index >= 15 is 0 Å². The molecular weight excluding hydrogens is 421 g/mol. The number of pyridine rings is 1. The first-order valence-electron chi connectivity index (χ1n) is 8.59. The van der Waals surface area contributed by atoms with Crippen molar-refractivity contribution in [2.45, 2.75) is 18.0 Å². The van der Waals surface area contributed by atoms with E-state index in [-0.39, 0.29) is 16.3 Å². The predicted molar refractivity (Wildman–Crippen MR) is 103 cm³/mol. The van der Waals surface area contributed by atoms with Crippen molar-refractivity contribution in [2.24, 2.45) is 7.05 Å². The Balaban J connectivity index is 1.69. The van der Waals surface area contributed by atoms with E-state index in [4.69, 9.17) is 0 Å². The highest BCUT2D eigenvalue weighted by Crippen LogP contribution is 2.32. The summed E-state index contributed by atoms with van der Waals surface area (Å²) in [5, 5.41) is 8.72. The lowest BCUT2D eigenvalue weighted by Crippen LogP contribution is -2.13. The topological polar surface area (TPSA) is 94.7 Å². The fourth-order valence-corrected chi connectivity index (χ4v) is 4.03. The number of hydrogen-bond acceptors (Lipinski definition) is 5. The summed E-state index contributed by atoms with van der Waals surface area (Å²) in [4.78, 5) is 3.70. The molecule has 0 aliphatic carbocycles. The van der Waals surface area contributed by atoms with Crippen molar-refractivity contribution in [2.75, 3.05) is 4.72 Å². The van der Waals surface area contributed by atoms with E-state index in [2.05, 4.69) is 19.9 Å². The van der Waals surface area contributed by atoms with Crippen LogP contribution in [-0.2, 0) is 23.2 Å². The van der Waals surface area contributed by atoms with Gasteiger partial charge in [-0.2, -0.15) is 23.4 Å². The zero-order valence-electron chi connectivity index (χ0n) is 15.7. The Kier molecular flexibility index (Phi) is 4.53. The van der Waals surface area contributed by atoms with Gasteiger partial charge in [-0.15, -0.1) is 0 Å². The van der Waals surface area contributed by atoms with Crippen molar-refractivity contribution < 1.29 is 21.6 Å². The van der Waals surface area contributed by atoms with Crippen LogP contribution in [0.2, 0.25) is 0 Å². The smallest absolute Gasteiger partial charge is 0.277 e. The average molecular weight is 436 g/mol. The van der Waals surface area contributed by atoms with Gasteiger partial charge in [-0.1, -0.05) is 12.1 Å². The Bertz CT molecular complexity index is 1360. The Morgan fingerprint density at radius 2 is 1.87 bits per heavy atom. The quantitative estimate of drug-likeness (QED) is 0.530. The number of aryl methyl sites for hydroxylation is 2. The highest BCUT2D eigenvalue weighted by atomic mass is 32.2. The summed E-state index contributed by atoms with van der Waals surface area (Å²) in [6.45, 7) is 1.29. The fourth-order valence-electron chi connectivity index (χ4n) is 3.03. The number of benzene rings is 1. The number of nitrogens with zero attached hydrogens (tertiary/aromatic N) is 5. The van der Waals surface area contributed by atoms with Crippen molar-refractivity contribution >= 4 is 26.6 Å².